The Hall–Kier alpha value is -1.50. The van der Waals surface area contributed by atoms with Gasteiger partial charge in [0.15, 0.2) is 0 Å². The number of fused-ring (bicyclic) bond motifs is 1. The normalized spacial score (nSPS) is 13.0. The van der Waals surface area contributed by atoms with Gasteiger partial charge in [0.25, 0.3) is 20.2 Å². The van der Waals surface area contributed by atoms with E-state index < -0.39 is 45.7 Å². The quantitative estimate of drug-likeness (QED) is 0.199. The van der Waals surface area contributed by atoms with Gasteiger partial charge in [-0.2, -0.15) is 16.8 Å². The van der Waals surface area contributed by atoms with Gasteiger partial charge >= 0.3 is 0 Å². The second-order valence-corrected chi connectivity index (χ2v) is 10.3. The molecule has 0 aliphatic heterocycles. The predicted octanol–water partition coefficient (Wildman–Crippen LogP) is 1.13. The average Bonchev–Trinajstić information content (AvgIpc) is 2.48. The van der Waals surface area contributed by atoms with E-state index in [-0.39, 0.29) is 27.7 Å². The highest BCUT2D eigenvalue weighted by Gasteiger charge is 2.22. The minimum atomic E-state index is -4.92. The Morgan fingerprint density at radius 2 is 1.59 bits per heavy atom. The molecule has 0 aliphatic rings. The minimum absolute atomic E-state index is 0.0444. The molecule has 0 amide bonds. The molecule has 0 aromatic heterocycles. The molecular weight excluding hydrogens is 450 g/mol. The van der Waals surface area contributed by atoms with Gasteiger partial charge in [0.05, 0.1) is 28.9 Å². The Labute approximate surface area is 157 Å². The third-order valence-corrected chi connectivity index (χ3v) is 5.98. The molecule has 0 saturated carbocycles. The standard InChI is InChI=1S/C11H11NO11S4/c1-25(14,15)12-9-5-8-6(3-11(9)27(19,20)21)2-7(26(16,17)18)4-10(8)24-23-22-13/h2-5,12-13H,1H3,(H,16,17,18)(H,19,20,21). The third kappa shape index (κ3) is 5.50. The Kier molecular flexibility index (Phi) is 6.05. The molecule has 150 valence electrons. The van der Waals surface area contributed by atoms with Crippen LogP contribution in [0.25, 0.3) is 10.8 Å². The second kappa shape index (κ2) is 7.49. The number of hydrogen-bond acceptors (Lipinski definition) is 10. The first-order valence-corrected chi connectivity index (χ1v) is 11.9. The molecule has 0 radical (unpaired) electrons. The van der Waals surface area contributed by atoms with Crippen molar-refractivity contribution in [3.05, 3.63) is 24.3 Å². The highest BCUT2D eigenvalue weighted by Crippen LogP contribution is 2.36. The molecular formula is C11H11NO11S4. The molecule has 4 N–H and O–H groups in total. The van der Waals surface area contributed by atoms with Gasteiger partial charge in [-0.15, -0.1) is 4.33 Å². The van der Waals surface area contributed by atoms with Crippen LogP contribution in [0.1, 0.15) is 0 Å². The lowest BCUT2D eigenvalue weighted by Gasteiger charge is -2.13. The molecule has 2 aromatic rings. The Morgan fingerprint density at radius 3 is 2.07 bits per heavy atom. The van der Waals surface area contributed by atoms with E-state index in [0.717, 1.165) is 30.5 Å². The zero-order valence-corrected chi connectivity index (χ0v) is 16.3. The van der Waals surface area contributed by atoms with Crippen molar-refractivity contribution < 1.29 is 49.0 Å². The van der Waals surface area contributed by atoms with Crippen LogP contribution in [0.4, 0.5) is 5.69 Å². The summed E-state index contributed by atoms with van der Waals surface area (Å²) < 4.78 is 93.6. The maximum atomic E-state index is 11.6. The van der Waals surface area contributed by atoms with Crippen LogP contribution in [0.15, 0.2) is 39.0 Å². The number of hydrogen-bond donors (Lipinski definition) is 4. The minimum Gasteiger partial charge on any atom is -0.282 e. The number of rotatable bonds is 7. The first kappa shape index (κ1) is 21.8. The van der Waals surface area contributed by atoms with Crippen LogP contribution in [0.2, 0.25) is 0 Å². The molecule has 0 saturated heterocycles. The van der Waals surface area contributed by atoms with Gasteiger partial charge in [0.1, 0.15) is 4.90 Å². The largest absolute Gasteiger partial charge is 0.296 e. The lowest BCUT2D eigenvalue weighted by atomic mass is 10.1. The van der Waals surface area contributed by atoms with E-state index >= 15 is 0 Å². The number of anilines is 1. The lowest BCUT2D eigenvalue weighted by molar-refractivity contribution is -0.432. The van der Waals surface area contributed by atoms with E-state index in [4.69, 9.17) is 5.26 Å². The predicted molar refractivity (Wildman–Crippen MR) is 92.7 cm³/mol. The molecule has 2 aromatic carbocycles. The van der Waals surface area contributed by atoms with Crippen molar-refractivity contribution in [2.75, 3.05) is 11.0 Å². The van der Waals surface area contributed by atoms with Crippen LogP contribution >= 0.6 is 12.0 Å². The summed E-state index contributed by atoms with van der Waals surface area (Å²) in [4.78, 5) is -1.63. The van der Waals surface area contributed by atoms with Crippen molar-refractivity contribution in [3.8, 4) is 0 Å². The summed E-state index contributed by atoms with van der Waals surface area (Å²) in [6.45, 7) is 0. The van der Waals surface area contributed by atoms with Crippen LogP contribution in [0.5, 0.6) is 0 Å². The maximum absolute atomic E-state index is 11.6. The van der Waals surface area contributed by atoms with E-state index in [1.165, 1.54) is 0 Å². The van der Waals surface area contributed by atoms with Gasteiger partial charge < -0.3 is 0 Å². The third-order valence-electron chi connectivity index (χ3n) is 3.01. The molecule has 0 fully saturated rings. The maximum Gasteiger partial charge on any atom is 0.296 e. The summed E-state index contributed by atoms with van der Waals surface area (Å²) in [5, 5.41) is 11.6. The zero-order chi connectivity index (χ0) is 20.6. The van der Waals surface area contributed by atoms with Crippen LogP contribution in [0.3, 0.4) is 0 Å². The van der Waals surface area contributed by atoms with Gasteiger partial charge in [-0.1, -0.05) is 5.04 Å². The molecule has 0 unspecified atom stereocenters. The highest BCUT2D eigenvalue weighted by molar-refractivity contribution is 7.95. The van der Waals surface area contributed by atoms with Gasteiger partial charge in [0.2, 0.25) is 10.0 Å². The van der Waals surface area contributed by atoms with Crippen LogP contribution in [-0.4, -0.2) is 45.9 Å². The SMILES string of the molecule is CS(=O)(=O)Nc1cc2c(SOOO)cc(S(=O)(=O)O)cc2cc1S(=O)(=O)O. The molecule has 2 rings (SSSR count). The first-order chi connectivity index (χ1) is 12.2. The van der Waals surface area contributed by atoms with Crippen molar-refractivity contribution in [3.63, 3.8) is 0 Å². The number of sulfonamides is 1. The van der Waals surface area contributed by atoms with Crippen LogP contribution in [-0.2, 0) is 39.6 Å². The Balaban J connectivity index is 2.92. The lowest BCUT2D eigenvalue weighted by Crippen LogP contribution is -2.13. The molecule has 12 nitrogen and oxygen atoms in total. The Bertz CT molecular complexity index is 1200. The monoisotopic (exact) mass is 461 g/mol. The molecule has 0 heterocycles. The summed E-state index contributed by atoms with van der Waals surface area (Å²) >= 11 is 0.283. The number of benzene rings is 2. The van der Waals surface area contributed by atoms with Crippen molar-refractivity contribution in [1.82, 2.24) is 0 Å². The van der Waals surface area contributed by atoms with Crippen molar-refractivity contribution in [2.24, 2.45) is 0 Å². The van der Waals surface area contributed by atoms with Gasteiger partial charge in [-0.25, -0.2) is 13.7 Å². The molecule has 0 atom stereocenters. The Morgan fingerprint density at radius 1 is 0.963 bits per heavy atom. The van der Waals surface area contributed by atoms with Crippen molar-refractivity contribution in [2.45, 2.75) is 14.7 Å². The smallest absolute Gasteiger partial charge is 0.282 e. The van der Waals surface area contributed by atoms with E-state index in [2.05, 4.69) is 9.37 Å². The van der Waals surface area contributed by atoms with E-state index in [9.17, 15) is 34.4 Å². The van der Waals surface area contributed by atoms with Gasteiger partial charge in [0, 0.05) is 4.90 Å². The molecule has 0 bridgehead atoms. The summed E-state index contributed by atoms with van der Waals surface area (Å²) in [6, 6.07) is 3.55. The summed E-state index contributed by atoms with van der Waals surface area (Å²) in [5.41, 5.74) is -0.529. The van der Waals surface area contributed by atoms with E-state index in [1.54, 1.807) is 0 Å². The second-order valence-electron chi connectivity index (χ2n) is 5.04. The fourth-order valence-corrected chi connectivity index (χ4v) is 4.55. The summed E-state index contributed by atoms with van der Waals surface area (Å²) in [5.74, 6) is 0. The van der Waals surface area contributed by atoms with Gasteiger partial charge in [-0.3, -0.25) is 13.8 Å². The fourth-order valence-electron chi connectivity index (χ4n) is 2.09. The first-order valence-electron chi connectivity index (χ1n) is 6.42. The van der Waals surface area contributed by atoms with Crippen LogP contribution in [0, 0.1) is 0 Å². The van der Waals surface area contributed by atoms with Crippen molar-refractivity contribution >= 4 is 58.8 Å². The summed E-state index contributed by atoms with van der Waals surface area (Å²) in [6.07, 6.45) is 0.741. The molecule has 0 spiro atoms. The molecule has 0 aliphatic carbocycles. The topological polar surface area (TPSA) is 194 Å². The van der Waals surface area contributed by atoms with Crippen molar-refractivity contribution in [1.29, 1.82) is 0 Å². The van der Waals surface area contributed by atoms with Crippen LogP contribution < -0.4 is 4.72 Å². The fraction of sp³-hybridized carbons (Fsp3) is 0.0909. The highest BCUT2D eigenvalue weighted by atomic mass is 32.2. The van der Waals surface area contributed by atoms with E-state index in [1.807, 2.05) is 4.72 Å². The molecule has 27 heavy (non-hydrogen) atoms. The summed E-state index contributed by atoms with van der Waals surface area (Å²) in [7, 11) is -13.6. The average molecular weight is 461 g/mol. The van der Waals surface area contributed by atoms with E-state index in [0.29, 0.717) is 0 Å². The number of nitrogens with one attached hydrogen (secondary N) is 1. The van der Waals surface area contributed by atoms with Gasteiger partial charge in [-0.05, 0) is 35.0 Å². The molecule has 16 heteroatoms. The zero-order valence-electron chi connectivity index (χ0n) is 13.1.